The van der Waals surface area contributed by atoms with Crippen molar-refractivity contribution >= 4 is 5.96 Å². The second kappa shape index (κ2) is 10.5. The number of aromatic nitrogens is 2. The van der Waals surface area contributed by atoms with Gasteiger partial charge in [0.05, 0.1) is 19.3 Å². The standard InChI is InChI=1S/C18H30F3N5O/c1-3-22-17(23-10-11-27-15-8-6-4-5-7-9-15)24-12-14-13-26(2)25-16(14)18(19,20)21/h13,15H,3-12H2,1-2H3,(H2,22,23,24). The molecule has 0 spiro atoms. The van der Waals surface area contributed by atoms with E-state index in [9.17, 15) is 13.2 Å². The third-order valence-electron chi connectivity index (χ3n) is 4.48. The maximum atomic E-state index is 13.0. The van der Waals surface area contributed by atoms with Gasteiger partial charge in [-0.25, -0.2) is 4.99 Å². The van der Waals surface area contributed by atoms with Crippen LogP contribution in [0.15, 0.2) is 11.2 Å². The topological polar surface area (TPSA) is 63.5 Å². The summed E-state index contributed by atoms with van der Waals surface area (Å²) in [5.41, 5.74) is -0.835. The van der Waals surface area contributed by atoms with Crippen molar-refractivity contribution in [2.45, 2.75) is 64.3 Å². The molecule has 1 aliphatic carbocycles. The van der Waals surface area contributed by atoms with Gasteiger partial charge in [-0.2, -0.15) is 18.3 Å². The Morgan fingerprint density at radius 2 is 1.96 bits per heavy atom. The van der Waals surface area contributed by atoms with Crippen molar-refractivity contribution < 1.29 is 17.9 Å². The van der Waals surface area contributed by atoms with Gasteiger partial charge in [0, 0.05) is 31.9 Å². The number of ether oxygens (including phenoxy) is 1. The van der Waals surface area contributed by atoms with Crippen LogP contribution in [0, 0.1) is 0 Å². The van der Waals surface area contributed by atoms with Gasteiger partial charge in [0.25, 0.3) is 0 Å². The van der Waals surface area contributed by atoms with Crippen molar-refractivity contribution in [3.8, 4) is 0 Å². The Kier molecular flexibility index (Phi) is 8.40. The molecule has 1 aliphatic rings. The van der Waals surface area contributed by atoms with Crippen LogP contribution >= 0.6 is 0 Å². The SMILES string of the molecule is CCNC(=NCc1cn(C)nc1C(F)(F)F)NCCOC1CCCCCC1. The Labute approximate surface area is 158 Å². The first-order valence-corrected chi connectivity index (χ1v) is 9.63. The molecule has 0 amide bonds. The van der Waals surface area contributed by atoms with Crippen LogP contribution in [-0.4, -0.2) is 41.5 Å². The number of aryl methyl sites for hydroxylation is 1. The highest BCUT2D eigenvalue weighted by Crippen LogP contribution is 2.30. The minimum Gasteiger partial charge on any atom is -0.376 e. The van der Waals surface area contributed by atoms with Gasteiger partial charge in [-0.15, -0.1) is 0 Å². The second-order valence-electron chi connectivity index (χ2n) is 6.78. The van der Waals surface area contributed by atoms with E-state index in [1.165, 1.54) is 38.9 Å². The zero-order chi connectivity index (χ0) is 19.7. The predicted octanol–water partition coefficient (Wildman–Crippen LogP) is 3.23. The lowest BCUT2D eigenvalue weighted by Crippen LogP contribution is -2.39. The maximum Gasteiger partial charge on any atom is 0.435 e. The third kappa shape index (κ3) is 7.40. The minimum absolute atomic E-state index is 0.0527. The molecule has 2 rings (SSSR count). The number of nitrogens with zero attached hydrogens (tertiary/aromatic N) is 3. The Hall–Kier alpha value is -1.77. The van der Waals surface area contributed by atoms with Crippen LogP contribution in [0.4, 0.5) is 13.2 Å². The van der Waals surface area contributed by atoms with E-state index in [0.717, 1.165) is 17.5 Å². The number of halogens is 3. The molecule has 0 atom stereocenters. The first-order chi connectivity index (χ1) is 12.9. The summed E-state index contributed by atoms with van der Waals surface area (Å²) in [7, 11) is 1.47. The summed E-state index contributed by atoms with van der Waals surface area (Å²) in [6.45, 7) is 3.54. The van der Waals surface area contributed by atoms with Gasteiger partial charge in [0.1, 0.15) is 0 Å². The van der Waals surface area contributed by atoms with Crippen LogP contribution in [0.5, 0.6) is 0 Å². The molecule has 1 aromatic heterocycles. The molecule has 0 bridgehead atoms. The lowest BCUT2D eigenvalue weighted by molar-refractivity contribution is -0.142. The van der Waals surface area contributed by atoms with E-state index in [4.69, 9.17) is 4.74 Å². The molecule has 0 aromatic carbocycles. The number of nitrogens with one attached hydrogen (secondary N) is 2. The molecular weight excluding hydrogens is 359 g/mol. The number of guanidine groups is 1. The summed E-state index contributed by atoms with van der Waals surface area (Å²) < 4.78 is 46.1. The van der Waals surface area contributed by atoms with Crippen molar-refractivity contribution in [2.75, 3.05) is 19.7 Å². The fraction of sp³-hybridized carbons (Fsp3) is 0.778. The zero-order valence-corrected chi connectivity index (χ0v) is 16.1. The van der Waals surface area contributed by atoms with Gasteiger partial charge in [-0.05, 0) is 19.8 Å². The van der Waals surface area contributed by atoms with E-state index in [1.807, 2.05) is 6.92 Å². The van der Waals surface area contributed by atoms with Gasteiger partial charge in [-0.3, -0.25) is 4.68 Å². The minimum atomic E-state index is -4.48. The fourth-order valence-corrected chi connectivity index (χ4v) is 3.20. The van der Waals surface area contributed by atoms with E-state index in [1.54, 1.807) is 0 Å². The number of alkyl halides is 3. The van der Waals surface area contributed by atoms with Crippen LogP contribution < -0.4 is 10.6 Å². The van der Waals surface area contributed by atoms with Crippen LogP contribution in [0.2, 0.25) is 0 Å². The summed E-state index contributed by atoms with van der Waals surface area (Å²) in [5.74, 6) is 0.471. The highest BCUT2D eigenvalue weighted by Gasteiger charge is 2.36. The van der Waals surface area contributed by atoms with Gasteiger partial charge in [0.2, 0.25) is 0 Å². The van der Waals surface area contributed by atoms with Gasteiger partial charge >= 0.3 is 6.18 Å². The van der Waals surface area contributed by atoms with Crippen LogP contribution in [-0.2, 0) is 24.5 Å². The summed E-state index contributed by atoms with van der Waals surface area (Å²) in [6, 6.07) is 0. The number of rotatable bonds is 7. The smallest absolute Gasteiger partial charge is 0.376 e. The molecule has 0 unspecified atom stereocenters. The van der Waals surface area contributed by atoms with Crippen molar-refractivity contribution in [1.29, 1.82) is 0 Å². The van der Waals surface area contributed by atoms with E-state index < -0.39 is 11.9 Å². The summed E-state index contributed by atoms with van der Waals surface area (Å²) in [4.78, 5) is 4.26. The molecule has 1 heterocycles. The second-order valence-corrected chi connectivity index (χ2v) is 6.78. The zero-order valence-electron chi connectivity index (χ0n) is 16.1. The molecular formula is C18H30F3N5O. The summed E-state index contributed by atoms with van der Waals surface area (Å²) in [6.07, 6.45) is 4.40. The molecule has 6 nitrogen and oxygen atoms in total. The average molecular weight is 389 g/mol. The lowest BCUT2D eigenvalue weighted by atomic mass is 10.1. The van der Waals surface area contributed by atoms with Crippen molar-refractivity contribution in [1.82, 2.24) is 20.4 Å². The highest BCUT2D eigenvalue weighted by atomic mass is 19.4. The molecule has 9 heteroatoms. The fourth-order valence-electron chi connectivity index (χ4n) is 3.20. The van der Waals surface area contributed by atoms with Gasteiger partial charge in [0.15, 0.2) is 11.7 Å². The number of hydrogen-bond acceptors (Lipinski definition) is 3. The lowest BCUT2D eigenvalue weighted by Gasteiger charge is -2.16. The monoisotopic (exact) mass is 389 g/mol. The van der Waals surface area contributed by atoms with E-state index in [-0.39, 0.29) is 12.1 Å². The summed E-state index contributed by atoms with van der Waals surface area (Å²) >= 11 is 0. The number of hydrogen-bond donors (Lipinski definition) is 2. The van der Waals surface area contributed by atoms with Crippen molar-refractivity contribution in [2.24, 2.45) is 12.0 Å². The maximum absolute atomic E-state index is 13.0. The summed E-state index contributed by atoms with van der Waals surface area (Å²) in [5, 5.41) is 9.66. The third-order valence-corrected chi connectivity index (χ3v) is 4.48. The van der Waals surface area contributed by atoms with Crippen molar-refractivity contribution in [3.63, 3.8) is 0 Å². The van der Waals surface area contributed by atoms with Crippen LogP contribution in [0.25, 0.3) is 0 Å². The normalized spacial score (nSPS) is 17.0. The van der Waals surface area contributed by atoms with E-state index in [0.29, 0.717) is 31.8 Å². The van der Waals surface area contributed by atoms with E-state index >= 15 is 0 Å². The quantitative estimate of drug-likeness (QED) is 0.325. The molecule has 2 N–H and O–H groups in total. The molecule has 27 heavy (non-hydrogen) atoms. The first-order valence-electron chi connectivity index (χ1n) is 9.63. The number of aliphatic imine (C=N–C) groups is 1. The predicted molar refractivity (Wildman–Crippen MR) is 98.5 cm³/mol. The highest BCUT2D eigenvalue weighted by molar-refractivity contribution is 5.79. The molecule has 154 valence electrons. The van der Waals surface area contributed by atoms with Gasteiger partial charge in [-0.1, -0.05) is 25.7 Å². The molecule has 1 fully saturated rings. The average Bonchev–Trinajstić information content (AvgIpc) is 2.81. The van der Waals surface area contributed by atoms with Crippen molar-refractivity contribution in [3.05, 3.63) is 17.5 Å². The Morgan fingerprint density at radius 1 is 1.26 bits per heavy atom. The Balaban J connectivity index is 1.85. The molecule has 0 aliphatic heterocycles. The van der Waals surface area contributed by atoms with Crippen LogP contribution in [0.3, 0.4) is 0 Å². The molecule has 0 saturated heterocycles. The molecule has 1 aromatic rings. The van der Waals surface area contributed by atoms with E-state index in [2.05, 4.69) is 20.7 Å². The molecule has 0 radical (unpaired) electrons. The van der Waals surface area contributed by atoms with Crippen LogP contribution in [0.1, 0.15) is 56.7 Å². The largest absolute Gasteiger partial charge is 0.435 e. The first kappa shape index (κ1) is 21.5. The molecule has 1 saturated carbocycles. The van der Waals surface area contributed by atoms with Gasteiger partial charge < -0.3 is 15.4 Å². The Morgan fingerprint density at radius 3 is 2.59 bits per heavy atom. The Bertz CT molecular complexity index is 592.